The highest BCUT2D eigenvalue weighted by Gasteiger charge is 2.29. The fourth-order valence-corrected chi connectivity index (χ4v) is 2.10. The van der Waals surface area contributed by atoms with E-state index in [9.17, 15) is 14.9 Å². The Hall–Kier alpha value is -2.11. The maximum absolute atomic E-state index is 11.7. The van der Waals surface area contributed by atoms with E-state index in [-0.39, 0.29) is 22.8 Å². The van der Waals surface area contributed by atoms with Crippen molar-refractivity contribution >= 4 is 11.5 Å². The molecule has 0 atom stereocenters. The smallest absolute Gasteiger partial charge is 0.277 e. The van der Waals surface area contributed by atoms with Gasteiger partial charge in [0.25, 0.3) is 5.69 Å². The maximum Gasteiger partial charge on any atom is 0.277 e. The van der Waals surface area contributed by atoms with E-state index < -0.39 is 4.92 Å². The first kappa shape index (κ1) is 12.3. The minimum Gasteiger partial charge on any atom is -0.486 e. The second-order valence-electron chi connectivity index (χ2n) is 3.94. The van der Waals surface area contributed by atoms with Gasteiger partial charge in [0, 0.05) is 5.56 Å². The fraction of sp³-hybridized carbons (Fsp3) is 0.417. The zero-order chi connectivity index (χ0) is 13.3. The van der Waals surface area contributed by atoms with Crippen LogP contribution in [0.2, 0.25) is 0 Å². The van der Waals surface area contributed by atoms with Crippen molar-refractivity contribution in [2.75, 3.05) is 13.2 Å². The molecule has 0 amide bonds. The molecule has 1 aromatic carbocycles. The Kier molecular flexibility index (Phi) is 3.18. The van der Waals surface area contributed by atoms with E-state index in [0.717, 1.165) is 0 Å². The number of hydrogen-bond acceptors (Lipinski definition) is 5. The van der Waals surface area contributed by atoms with E-state index in [1.54, 1.807) is 6.92 Å². The number of rotatable bonds is 3. The molecule has 0 spiro atoms. The number of fused-ring (bicyclic) bond motifs is 1. The Bertz CT molecular complexity index is 524. The average Bonchev–Trinajstić information content (AvgIpc) is 2.35. The van der Waals surface area contributed by atoms with Crippen molar-refractivity contribution in [1.29, 1.82) is 0 Å². The van der Waals surface area contributed by atoms with Gasteiger partial charge in [-0.05, 0) is 13.3 Å². The molecule has 0 saturated carbocycles. The normalized spacial score (nSPS) is 13.2. The van der Waals surface area contributed by atoms with Crippen LogP contribution in [-0.2, 0) is 6.42 Å². The molecule has 1 aliphatic rings. The van der Waals surface area contributed by atoms with Gasteiger partial charge in [-0.1, -0.05) is 6.92 Å². The summed E-state index contributed by atoms with van der Waals surface area (Å²) in [4.78, 5) is 22.3. The van der Waals surface area contributed by atoms with E-state index in [1.165, 1.54) is 13.0 Å². The summed E-state index contributed by atoms with van der Waals surface area (Å²) in [6.45, 7) is 3.81. The predicted molar refractivity (Wildman–Crippen MR) is 63.5 cm³/mol. The Morgan fingerprint density at radius 1 is 1.44 bits per heavy atom. The monoisotopic (exact) mass is 251 g/mol. The molecular formula is C12H13NO5. The van der Waals surface area contributed by atoms with Crippen LogP contribution < -0.4 is 9.47 Å². The molecule has 0 saturated heterocycles. The Morgan fingerprint density at radius 3 is 2.67 bits per heavy atom. The summed E-state index contributed by atoms with van der Waals surface area (Å²) in [7, 11) is 0. The zero-order valence-corrected chi connectivity index (χ0v) is 10.2. The van der Waals surface area contributed by atoms with Crippen LogP contribution in [0, 0.1) is 10.1 Å². The van der Waals surface area contributed by atoms with Gasteiger partial charge in [0.05, 0.1) is 16.6 Å². The van der Waals surface area contributed by atoms with Gasteiger partial charge in [-0.15, -0.1) is 0 Å². The van der Waals surface area contributed by atoms with E-state index in [1.807, 2.05) is 0 Å². The van der Waals surface area contributed by atoms with Crippen LogP contribution in [0.1, 0.15) is 29.8 Å². The Labute approximate surface area is 104 Å². The highest BCUT2D eigenvalue weighted by Crippen LogP contribution is 2.41. The molecule has 0 aliphatic carbocycles. The first-order chi connectivity index (χ1) is 8.56. The summed E-state index contributed by atoms with van der Waals surface area (Å²) < 4.78 is 10.7. The van der Waals surface area contributed by atoms with Crippen molar-refractivity contribution in [2.45, 2.75) is 20.3 Å². The maximum atomic E-state index is 11.7. The molecule has 0 radical (unpaired) electrons. The van der Waals surface area contributed by atoms with Gasteiger partial charge in [-0.3, -0.25) is 14.9 Å². The summed E-state index contributed by atoms with van der Waals surface area (Å²) in [5, 5.41) is 11.0. The summed E-state index contributed by atoms with van der Waals surface area (Å²) >= 11 is 0. The second kappa shape index (κ2) is 4.64. The lowest BCUT2D eigenvalue weighted by Gasteiger charge is -2.21. The highest BCUT2D eigenvalue weighted by atomic mass is 16.6. The minimum atomic E-state index is -0.497. The van der Waals surface area contributed by atoms with Crippen molar-refractivity contribution in [3.63, 3.8) is 0 Å². The van der Waals surface area contributed by atoms with Crippen LogP contribution in [0.5, 0.6) is 11.5 Å². The lowest BCUT2D eigenvalue weighted by molar-refractivity contribution is -0.385. The third-order valence-corrected chi connectivity index (χ3v) is 2.82. The molecule has 0 fully saturated rings. The van der Waals surface area contributed by atoms with E-state index in [0.29, 0.717) is 30.9 Å². The number of carbonyl (C=O) groups is 1. The van der Waals surface area contributed by atoms with Crippen LogP contribution in [0.25, 0.3) is 0 Å². The van der Waals surface area contributed by atoms with E-state index in [4.69, 9.17) is 9.47 Å². The van der Waals surface area contributed by atoms with Crippen LogP contribution in [0.15, 0.2) is 6.07 Å². The number of ketones is 1. The molecular weight excluding hydrogens is 238 g/mol. The van der Waals surface area contributed by atoms with Crippen LogP contribution in [-0.4, -0.2) is 23.9 Å². The van der Waals surface area contributed by atoms with E-state index >= 15 is 0 Å². The average molecular weight is 251 g/mol. The number of Topliss-reactive ketones (excluding diaryl/α,β-unsaturated/α-hetero) is 1. The van der Waals surface area contributed by atoms with Crippen molar-refractivity contribution in [2.24, 2.45) is 0 Å². The largest absolute Gasteiger partial charge is 0.486 e. The van der Waals surface area contributed by atoms with Crippen molar-refractivity contribution in [3.8, 4) is 11.5 Å². The van der Waals surface area contributed by atoms with Gasteiger partial charge in [0.15, 0.2) is 17.3 Å². The number of benzene rings is 1. The number of carbonyl (C=O) groups excluding carboxylic acids is 1. The quantitative estimate of drug-likeness (QED) is 0.467. The molecule has 0 unspecified atom stereocenters. The van der Waals surface area contributed by atoms with Gasteiger partial charge < -0.3 is 9.47 Å². The lowest BCUT2D eigenvalue weighted by Crippen LogP contribution is -2.19. The molecule has 0 bridgehead atoms. The third kappa shape index (κ3) is 1.90. The zero-order valence-electron chi connectivity index (χ0n) is 10.2. The predicted octanol–water partition coefficient (Wildman–Crippen LogP) is 2.13. The molecule has 6 heteroatoms. The number of nitro benzene ring substituents is 1. The number of hydrogen-bond donors (Lipinski definition) is 0. The first-order valence-corrected chi connectivity index (χ1v) is 5.67. The first-order valence-electron chi connectivity index (χ1n) is 5.67. The molecule has 1 heterocycles. The van der Waals surface area contributed by atoms with Gasteiger partial charge in [0.1, 0.15) is 13.2 Å². The molecule has 2 rings (SSSR count). The Morgan fingerprint density at radius 2 is 2.11 bits per heavy atom. The van der Waals surface area contributed by atoms with Crippen molar-refractivity contribution in [1.82, 2.24) is 0 Å². The second-order valence-corrected chi connectivity index (χ2v) is 3.94. The fourth-order valence-electron chi connectivity index (χ4n) is 2.10. The molecule has 96 valence electrons. The Balaban J connectivity index is 2.76. The molecule has 0 N–H and O–H groups in total. The van der Waals surface area contributed by atoms with Gasteiger partial charge in [0.2, 0.25) is 0 Å². The van der Waals surface area contributed by atoms with Crippen LogP contribution in [0.4, 0.5) is 5.69 Å². The molecule has 0 aromatic heterocycles. The van der Waals surface area contributed by atoms with E-state index in [2.05, 4.69) is 0 Å². The highest BCUT2D eigenvalue weighted by molar-refractivity contribution is 6.00. The van der Waals surface area contributed by atoms with Crippen LogP contribution in [0.3, 0.4) is 0 Å². The molecule has 1 aliphatic heterocycles. The lowest BCUT2D eigenvalue weighted by atomic mass is 9.98. The summed E-state index contributed by atoms with van der Waals surface area (Å²) in [5.74, 6) is 0.351. The standard InChI is InChI=1S/C12H13NO5/c1-3-8-9(13(15)16)6-10-12(11(8)7(2)14)18-5-4-17-10/h6H,3-5H2,1-2H3. The van der Waals surface area contributed by atoms with Gasteiger partial charge in [-0.2, -0.15) is 0 Å². The third-order valence-electron chi connectivity index (χ3n) is 2.82. The topological polar surface area (TPSA) is 78.7 Å². The number of ether oxygens (including phenoxy) is 2. The minimum absolute atomic E-state index is 0.0908. The SMILES string of the molecule is CCc1c([N+](=O)[O-])cc2c(c1C(C)=O)OCCO2. The number of nitrogens with zero attached hydrogens (tertiary/aromatic N) is 1. The summed E-state index contributed by atoms with van der Waals surface area (Å²) in [5.41, 5.74) is 0.574. The van der Waals surface area contributed by atoms with Gasteiger partial charge in [-0.25, -0.2) is 0 Å². The molecule has 6 nitrogen and oxygen atoms in total. The van der Waals surface area contributed by atoms with Crippen LogP contribution >= 0.6 is 0 Å². The summed E-state index contributed by atoms with van der Waals surface area (Å²) in [6, 6.07) is 1.33. The van der Waals surface area contributed by atoms with Crippen molar-refractivity contribution < 1.29 is 19.2 Å². The van der Waals surface area contributed by atoms with Crippen molar-refractivity contribution in [3.05, 3.63) is 27.3 Å². The summed E-state index contributed by atoms with van der Waals surface area (Å²) in [6.07, 6.45) is 0.391. The van der Waals surface area contributed by atoms with Gasteiger partial charge >= 0.3 is 0 Å². The number of nitro groups is 1. The molecule has 18 heavy (non-hydrogen) atoms. The molecule has 1 aromatic rings.